The first-order chi connectivity index (χ1) is 18.2. The Kier molecular flexibility index (Phi) is 8.79. The maximum absolute atomic E-state index is 12.8. The third-order valence-electron chi connectivity index (χ3n) is 7.18. The van der Waals surface area contributed by atoms with Crippen LogP contribution in [0.4, 0.5) is 0 Å². The molecule has 0 radical (unpaired) electrons. The Balaban J connectivity index is 1.62. The molecule has 4 rings (SSSR count). The van der Waals surface area contributed by atoms with Crippen molar-refractivity contribution < 1.29 is 19.0 Å². The van der Waals surface area contributed by atoms with Gasteiger partial charge in [0.1, 0.15) is 17.5 Å². The molecule has 0 bridgehead atoms. The van der Waals surface area contributed by atoms with Gasteiger partial charge in [-0.1, -0.05) is 30.3 Å². The highest BCUT2D eigenvalue weighted by molar-refractivity contribution is 5.77. The number of aromatic nitrogens is 4. The van der Waals surface area contributed by atoms with Crippen molar-refractivity contribution in [1.82, 2.24) is 24.9 Å². The molecule has 2 atom stereocenters. The van der Waals surface area contributed by atoms with Gasteiger partial charge in [-0.05, 0) is 62.9 Å². The largest absolute Gasteiger partial charge is 0.487 e. The molecule has 0 aliphatic carbocycles. The average molecular weight is 522 g/mol. The lowest BCUT2D eigenvalue weighted by Gasteiger charge is -2.32. The molecule has 0 fully saturated rings. The summed E-state index contributed by atoms with van der Waals surface area (Å²) in [5.74, 6) is 0.528. The predicted octanol–water partition coefficient (Wildman–Crippen LogP) is 4.63. The van der Waals surface area contributed by atoms with Crippen LogP contribution in [0, 0.1) is 12.3 Å². The van der Waals surface area contributed by atoms with E-state index >= 15 is 0 Å². The Labute approximate surface area is 225 Å². The standard InChI is InChI=1S/C29H39N5O4/c1-7-24-17-33(18-25-26(38-24)10-9-13-30-25)15-22-14-21(12-11-20(22)3)27(29(4,5)28(35)36-6)37-19-23-16-34(8-2)32-31-23/h9-14,16,24,27H,7-8,15,17-19H2,1-6H3/t24-,27?/m1/s1. The molecule has 9 nitrogen and oxygen atoms in total. The van der Waals surface area contributed by atoms with E-state index in [1.807, 2.05) is 51.4 Å². The SMILES string of the molecule is CC[C@@H]1CN(Cc2cc(C(OCc3cn(CC)nn3)C(C)(C)C(=O)OC)ccc2C)Cc2ncccc2O1. The van der Waals surface area contributed by atoms with Gasteiger partial charge in [0.15, 0.2) is 0 Å². The van der Waals surface area contributed by atoms with E-state index in [-0.39, 0.29) is 18.7 Å². The summed E-state index contributed by atoms with van der Waals surface area (Å²) >= 11 is 0. The van der Waals surface area contributed by atoms with Gasteiger partial charge in [0, 0.05) is 32.4 Å². The lowest BCUT2D eigenvalue weighted by molar-refractivity contribution is -0.162. The van der Waals surface area contributed by atoms with Crippen molar-refractivity contribution in [2.75, 3.05) is 13.7 Å². The quantitative estimate of drug-likeness (QED) is 0.357. The highest BCUT2D eigenvalue weighted by Crippen LogP contribution is 2.39. The summed E-state index contributed by atoms with van der Waals surface area (Å²) in [7, 11) is 1.41. The summed E-state index contributed by atoms with van der Waals surface area (Å²) in [6, 6.07) is 10.2. The summed E-state index contributed by atoms with van der Waals surface area (Å²) < 4.78 is 19.5. The number of aryl methyl sites for hydroxylation is 2. The van der Waals surface area contributed by atoms with Crippen LogP contribution in [0.3, 0.4) is 0 Å². The van der Waals surface area contributed by atoms with Gasteiger partial charge in [-0.2, -0.15) is 0 Å². The number of hydrogen-bond donors (Lipinski definition) is 0. The number of methoxy groups -OCH3 is 1. The van der Waals surface area contributed by atoms with E-state index in [0.29, 0.717) is 12.2 Å². The molecule has 3 aromatic rings. The summed E-state index contributed by atoms with van der Waals surface area (Å²) in [5, 5.41) is 8.30. The molecule has 2 aromatic heterocycles. The zero-order valence-electron chi connectivity index (χ0n) is 23.3. The van der Waals surface area contributed by atoms with Gasteiger partial charge in [0.05, 0.1) is 37.1 Å². The van der Waals surface area contributed by atoms with Crippen LogP contribution in [0.15, 0.2) is 42.7 Å². The minimum atomic E-state index is -0.922. The van der Waals surface area contributed by atoms with Gasteiger partial charge in [-0.15, -0.1) is 5.10 Å². The number of hydrogen-bond acceptors (Lipinski definition) is 8. The molecule has 0 amide bonds. The van der Waals surface area contributed by atoms with Gasteiger partial charge < -0.3 is 14.2 Å². The number of carbonyl (C=O) groups excluding carboxylic acids is 1. The molecule has 9 heteroatoms. The number of benzene rings is 1. The molecule has 204 valence electrons. The zero-order chi connectivity index (χ0) is 27.3. The number of esters is 1. The fourth-order valence-corrected chi connectivity index (χ4v) is 4.85. The summed E-state index contributed by atoms with van der Waals surface area (Å²) in [5.41, 5.74) is 4.00. The summed E-state index contributed by atoms with van der Waals surface area (Å²) in [4.78, 5) is 19.8. The molecule has 1 aliphatic heterocycles. The Bertz CT molecular complexity index is 1240. The first kappa shape index (κ1) is 27.7. The monoisotopic (exact) mass is 521 g/mol. The highest BCUT2D eigenvalue weighted by atomic mass is 16.5. The topological polar surface area (TPSA) is 91.6 Å². The fourth-order valence-electron chi connectivity index (χ4n) is 4.85. The molecule has 3 heterocycles. The molecule has 38 heavy (non-hydrogen) atoms. The van der Waals surface area contributed by atoms with E-state index in [0.717, 1.165) is 43.1 Å². The van der Waals surface area contributed by atoms with Crippen LogP contribution in [-0.4, -0.2) is 50.6 Å². The van der Waals surface area contributed by atoms with Crippen LogP contribution in [0.2, 0.25) is 0 Å². The number of ether oxygens (including phenoxy) is 3. The third-order valence-corrected chi connectivity index (χ3v) is 7.18. The van der Waals surface area contributed by atoms with Gasteiger partial charge >= 0.3 is 5.97 Å². The van der Waals surface area contributed by atoms with Gasteiger partial charge in [0.25, 0.3) is 0 Å². The number of pyridine rings is 1. The number of fused-ring (bicyclic) bond motifs is 1. The molecule has 1 unspecified atom stereocenters. The minimum absolute atomic E-state index is 0.0924. The molecule has 0 N–H and O–H groups in total. The first-order valence-corrected chi connectivity index (χ1v) is 13.3. The summed E-state index contributed by atoms with van der Waals surface area (Å²) in [6.45, 7) is 13.2. The van der Waals surface area contributed by atoms with E-state index < -0.39 is 11.5 Å². The van der Waals surface area contributed by atoms with Crippen LogP contribution in [0.1, 0.15) is 68.3 Å². The van der Waals surface area contributed by atoms with Gasteiger partial charge in [-0.25, -0.2) is 0 Å². The van der Waals surface area contributed by atoms with E-state index in [9.17, 15) is 4.79 Å². The van der Waals surface area contributed by atoms with Crippen LogP contribution >= 0.6 is 0 Å². The fraction of sp³-hybridized carbons (Fsp3) is 0.517. The highest BCUT2D eigenvalue weighted by Gasteiger charge is 2.40. The molecule has 1 aliphatic rings. The van der Waals surface area contributed by atoms with Crippen LogP contribution in [0.5, 0.6) is 5.75 Å². The second kappa shape index (κ2) is 12.0. The van der Waals surface area contributed by atoms with E-state index in [1.54, 1.807) is 4.68 Å². The Morgan fingerprint density at radius 3 is 2.79 bits per heavy atom. The van der Waals surface area contributed by atoms with Crippen molar-refractivity contribution in [2.24, 2.45) is 5.41 Å². The lowest BCUT2D eigenvalue weighted by atomic mass is 9.81. The summed E-state index contributed by atoms with van der Waals surface area (Å²) in [6.07, 6.45) is 4.14. The van der Waals surface area contributed by atoms with E-state index in [4.69, 9.17) is 14.2 Å². The van der Waals surface area contributed by atoms with E-state index in [2.05, 4.69) is 46.2 Å². The molecular formula is C29H39N5O4. The minimum Gasteiger partial charge on any atom is -0.487 e. The van der Waals surface area contributed by atoms with Crippen molar-refractivity contribution in [3.8, 4) is 5.75 Å². The second-order valence-corrected chi connectivity index (χ2v) is 10.4. The Hall–Kier alpha value is -3.30. The smallest absolute Gasteiger partial charge is 0.314 e. The molecule has 0 spiro atoms. The maximum Gasteiger partial charge on any atom is 0.314 e. The van der Waals surface area contributed by atoms with Crippen molar-refractivity contribution in [3.05, 3.63) is 70.8 Å². The number of rotatable bonds is 10. The zero-order valence-corrected chi connectivity index (χ0v) is 23.3. The van der Waals surface area contributed by atoms with Crippen molar-refractivity contribution in [1.29, 1.82) is 0 Å². The van der Waals surface area contributed by atoms with Gasteiger partial charge in [0.2, 0.25) is 0 Å². The Morgan fingerprint density at radius 1 is 1.26 bits per heavy atom. The van der Waals surface area contributed by atoms with Crippen LogP contribution in [0.25, 0.3) is 0 Å². The average Bonchev–Trinajstić information content (AvgIpc) is 3.30. The van der Waals surface area contributed by atoms with Crippen molar-refractivity contribution in [2.45, 2.75) is 79.5 Å². The number of carbonyl (C=O) groups is 1. The molecule has 0 saturated heterocycles. The molecule has 1 aromatic carbocycles. The van der Waals surface area contributed by atoms with Crippen LogP contribution < -0.4 is 4.74 Å². The van der Waals surface area contributed by atoms with Crippen molar-refractivity contribution in [3.63, 3.8) is 0 Å². The Morgan fingerprint density at radius 2 is 2.08 bits per heavy atom. The lowest BCUT2D eigenvalue weighted by Crippen LogP contribution is -2.34. The molecule has 0 saturated carbocycles. The third kappa shape index (κ3) is 6.22. The predicted molar refractivity (Wildman–Crippen MR) is 143 cm³/mol. The first-order valence-electron chi connectivity index (χ1n) is 13.3. The van der Waals surface area contributed by atoms with Gasteiger partial charge in [-0.3, -0.25) is 19.4 Å². The molecular weight excluding hydrogens is 482 g/mol. The van der Waals surface area contributed by atoms with E-state index in [1.165, 1.54) is 18.2 Å². The second-order valence-electron chi connectivity index (χ2n) is 10.4. The van der Waals surface area contributed by atoms with Crippen molar-refractivity contribution >= 4 is 5.97 Å². The normalized spacial score (nSPS) is 16.8. The maximum atomic E-state index is 12.8. The number of nitrogens with zero attached hydrogens (tertiary/aromatic N) is 5. The van der Waals surface area contributed by atoms with Crippen LogP contribution in [-0.2, 0) is 40.5 Å².